The Bertz CT molecular complexity index is 686. The molecular formula is C16H18N4O2. The lowest BCUT2D eigenvalue weighted by Gasteiger charge is -2.01. The number of carbonyl (C=O) groups is 2. The Labute approximate surface area is 128 Å². The van der Waals surface area contributed by atoms with E-state index in [0.29, 0.717) is 11.3 Å². The minimum absolute atomic E-state index is 0.0534. The van der Waals surface area contributed by atoms with E-state index in [1.807, 2.05) is 26.0 Å². The van der Waals surface area contributed by atoms with Crippen LogP contribution in [0.15, 0.2) is 35.7 Å². The van der Waals surface area contributed by atoms with Crippen LogP contribution in [0.4, 0.5) is 0 Å². The number of amides is 1. The van der Waals surface area contributed by atoms with Crippen LogP contribution in [0.2, 0.25) is 0 Å². The molecule has 0 saturated carbocycles. The van der Waals surface area contributed by atoms with Crippen LogP contribution in [0.1, 0.15) is 40.2 Å². The minimum Gasteiger partial charge on any atom is -0.348 e. The summed E-state index contributed by atoms with van der Waals surface area (Å²) in [6.07, 6.45) is 3.28. The number of ketones is 1. The largest absolute Gasteiger partial charge is 0.348 e. The molecule has 1 aromatic heterocycles. The van der Waals surface area contributed by atoms with E-state index in [4.69, 9.17) is 0 Å². The van der Waals surface area contributed by atoms with Crippen molar-refractivity contribution in [2.24, 2.45) is 5.10 Å². The maximum Gasteiger partial charge on any atom is 0.240 e. The Morgan fingerprint density at radius 3 is 2.59 bits per heavy atom. The smallest absolute Gasteiger partial charge is 0.240 e. The molecule has 0 radical (unpaired) electrons. The number of hydrazone groups is 1. The van der Waals surface area contributed by atoms with Gasteiger partial charge in [0.2, 0.25) is 5.91 Å². The predicted octanol–water partition coefficient (Wildman–Crippen LogP) is 2.14. The second-order valence-electron chi connectivity index (χ2n) is 5.00. The van der Waals surface area contributed by atoms with E-state index in [2.05, 4.69) is 20.5 Å². The highest BCUT2D eigenvalue weighted by molar-refractivity contribution is 5.98. The molecule has 2 N–H and O–H groups in total. The van der Waals surface area contributed by atoms with Gasteiger partial charge in [0.1, 0.15) is 5.69 Å². The van der Waals surface area contributed by atoms with Crippen molar-refractivity contribution in [3.8, 4) is 0 Å². The van der Waals surface area contributed by atoms with E-state index >= 15 is 0 Å². The van der Waals surface area contributed by atoms with Gasteiger partial charge in [0.25, 0.3) is 0 Å². The number of hydrogen-bond donors (Lipinski definition) is 2. The zero-order chi connectivity index (χ0) is 15.9. The highest BCUT2D eigenvalue weighted by Crippen LogP contribution is 2.07. The van der Waals surface area contributed by atoms with Crippen LogP contribution in [0.5, 0.6) is 0 Å². The molecule has 1 heterocycles. The van der Waals surface area contributed by atoms with Gasteiger partial charge in [-0.25, -0.2) is 10.4 Å². The van der Waals surface area contributed by atoms with Gasteiger partial charge in [-0.15, -0.1) is 0 Å². The lowest BCUT2D eigenvalue weighted by molar-refractivity contribution is -0.121. The Morgan fingerprint density at radius 2 is 1.95 bits per heavy atom. The molecule has 6 heteroatoms. The summed E-state index contributed by atoms with van der Waals surface area (Å²) < 4.78 is 0. The van der Waals surface area contributed by atoms with Crippen LogP contribution < -0.4 is 5.43 Å². The van der Waals surface area contributed by atoms with Crippen LogP contribution in [-0.4, -0.2) is 27.9 Å². The van der Waals surface area contributed by atoms with Crippen LogP contribution in [0.25, 0.3) is 0 Å². The van der Waals surface area contributed by atoms with Crippen LogP contribution >= 0.6 is 0 Å². The van der Waals surface area contributed by atoms with Gasteiger partial charge in [-0.05, 0) is 13.8 Å². The van der Waals surface area contributed by atoms with Crippen molar-refractivity contribution in [2.45, 2.75) is 26.7 Å². The molecular weight excluding hydrogens is 280 g/mol. The van der Waals surface area contributed by atoms with Crippen LogP contribution in [0, 0.1) is 13.8 Å². The molecule has 6 nitrogen and oxygen atoms in total. The third kappa shape index (κ3) is 4.37. The summed E-state index contributed by atoms with van der Waals surface area (Å²) in [6, 6.07) is 7.30. The van der Waals surface area contributed by atoms with Crippen molar-refractivity contribution < 1.29 is 9.59 Å². The number of hydrogen-bond acceptors (Lipinski definition) is 4. The number of rotatable bonds is 6. The Morgan fingerprint density at radius 1 is 1.23 bits per heavy atom. The third-order valence-electron chi connectivity index (χ3n) is 3.20. The van der Waals surface area contributed by atoms with E-state index in [1.54, 1.807) is 18.5 Å². The molecule has 0 aliphatic carbocycles. The molecule has 0 unspecified atom stereocenters. The number of nitrogens with zero attached hydrogens (tertiary/aromatic N) is 2. The van der Waals surface area contributed by atoms with E-state index in [1.165, 1.54) is 6.21 Å². The van der Waals surface area contributed by atoms with Crippen molar-refractivity contribution in [2.75, 3.05) is 0 Å². The number of benzene rings is 1. The van der Waals surface area contributed by atoms with Gasteiger partial charge in [-0.1, -0.05) is 29.8 Å². The molecule has 114 valence electrons. The van der Waals surface area contributed by atoms with Crippen LogP contribution in [0.3, 0.4) is 0 Å². The number of aromatic amines is 1. The number of H-pyrrole nitrogens is 1. The van der Waals surface area contributed by atoms with Crippen molar-refractivity contribution in [1.29, 1.82) is 0 Å². The fourth-order valence-electron chi connectivity index (χ4n) is 1.83. The van der Waals surface area contributed by atoms with Crippen molar-refractivity contribution >= 4 is 17.9 Å². The highest BCUT2D eigenvalue weighted by Gasteiger charge is 2.08. The third-order valence-corrected chi connectivity index (χ3v) is 3.20. The van der Waals surface area contributed by atoms with E-state index in [9.17, 15) is 9.59 Å². The average molecular weight is 298 g/mol. The monoisotopic (exact) mass is 298 g/mol. The Hall–Kier alpha value is -2.76. The first-order valence-electron chi connectivity index (χ1n) is 6.98. The summed E-state index contributed by atoms with van der Waals surface area (Å²) in [6.45, 7) is 3.82. The average Bonchev–Trinajstić information content (AvgIpc) is 2.91. The standard InChI is InChI=1S/C16H18N4O2/c1-11-3-5-13(6-4-11)15(21)7-8-16(22)20-19-9-14-12(2)17-10-18-14/h3-6,9-10H,7-8H2,1-2H3,(H,17,18)(H,20,22)/b19-9+. The second-order valence-corrected chi connectivity index (χ2v) is 5.00. The quantitative estimate of drug-likeness (QED) is 0.486. The van der Waals surface area contributed by atoms with Gasteiger partial charge in [0.15, 0.2) is 5.78 Å². The van der Waals surface area contributed by atoms with Crippen molar-refractivity contribution in [3.63, 3.8) is 0 Å². The molecule has 1 aromatic carbocycles. The fraction of sp³-hybridized carbons (Fsp3) is 0.250. The van der Waals surface area contributed by atoms with E-state index < -0.39 is 0 Å². The summed E-state index contributed by atoms with van der Waals surface area (Å²) in [4.78, 5) is 30.5. The van der Waals surface area contributed by atoms with Gasteiger partial charge in [0, 0.05) is 24.1 Å². The lowest BCUT2D eigenvalue weighted by Crippen LogP contribution is -2.18. The summed E-state index contributed by atoms with van der Waals surface area (Å²) in [5.74, 6) is -0.354. The predicted molar refractivity (Wildman–Crippen MR) is 83.8 cm³/mol. The number of nitrogens with one attached hydrogen (secondary N) is 2. The molecule has 1 amide bonds. The zero-order valence-corrected chi connectivity index (χ0v) is 12.6. The SMILES string of the molecule is Cc1ccc(C(=O)CCC(=O)N/N=C/c2nc[nH]c2C)cc1. The molecule has 0 spiro atoms. The maximum absolute atomic E-state index is 11.9. The second kappa shape index (κ2) is 7.31. The van der Waals surface area contributed by atoms with Gasteiger partial charge in [0.05, 0.1) is 12.5 Å². The topological polar surface area (TPSA) is 87.2 Å². The highest BCUT2D eigenvalue weighted by atomic mass is 16.2. The first-order valence-corrected chi connectivity index (χ1v) is 6.98. The molecule has 22 heavy (non-hydrogen) atoms. The van der Waals surface area contributed by atoms with Gasteiger partial charge in [-0.3, -0.25) is 9.59 Å². The summed E-state index contributed by atoms with van der Waals surface area (Å²) in [5, 5.41) is 3.82. The number of imidazole rings is 1. The molecule has 0 saturated heterocycles. The number of aromatic nitrogens is 2. The number of Topliss-reactive ketones (excluding diaryl/α,β-unsaturated/α-hetero) is 1. The Kier molecular flexibility index (Phi) is 5.19. The molecule has 0 fully saturated rings. The molecule has 0 atom stereocenters. The summed E-state index contributed by atoms with van der Waals surface area (Å²) >= 11 is 0. The number of aryl methyl sites for hydroxylation is 2. The van der Waals surface area contributed by atoms with Crippen molar-refractivity contribution in [1.82, 2.24) is 15.4 Å². The van der Waals surface area contributed by atoms with E-state index in [-0.39, 0.29) is 24.5 Å². The molecule has 0 bridgehead atoms. The lowest BCUT2D eigenvalue weighted by atomic mass is 10.1. The number of carbonyl (C=O) groups excluding carboxylic acids is 2. The summed E-state index contributed by atoms with van der Waals surface area (Å²) in [7, 11) is 0. The molecule has 2 aromatic rings. The zero-order valence-electron chi connectivity index (χ0n) is 12.6. The normalized spacial score (nSPS) is 10.8. The van der Waals surface area contributed by atoms with Crippen molar-refractivity contribution in [3.05, 3.63) is 53.1 Å². The maximum atomic E-state index is 11.9. The van der Waals surface area contributed by atoms with Gasteiger partial charge < -0.3 is 4.98 Å². The minimum atomic E-state index is -0.301. The fourth-order valence-corrected chi connectivity index (χ4v) is 1.83. The van der Waals surface area contributed by atoms with Crippen LogP contribution in [-0.2, 0) is 4.79 Å². The molecule has 0 aliphatic heterocycles. The Balaban J connectivity index is 1.78. The first-order chi connectivity index (χ1) is 10.6. The van der Waals surface area contributed by atoms with Gasteiger partial charge in [-0.2, -0.15) is 5.10 Å². The molecule has 0 aliphatic rings. The van der Waals surface area contributed by atoms with Gasteiger partial charge >= 0.3 is 0 Å². The van der Waals surface area contributed by atoms with E-state index in [0.717, 1.165) is 11.3 Å². The first kappa shape index (κ1) is 15.6. The summed E-state index contributed by atoms with van der Waals surface area (Å²) in [5.41, 5.74) is 5.63. The molecule has 2 rings (SSSR count).